The van der Waals surface area contributed by atoms with Gasteiger partial charge >= 0.3 is 11.9 Å². The predicted molar refractivity (Wildman–Crippen MR) is 122 cm³/mol. The third-order valence-corrected chi connectivity index (χ3v) is 5.88. The number of rotatable bonds is 9. The van der Waals surface area contributed by atoms with Gasteiger partial charge in [-0.1, -0.05) is 35.3 Å². The Morgan fingerprint density at radius 3 is 2.55 bits per heavy atom. The van der Waals surface area contributed by atoms with Crippen LogP contribution in [-0.2, 0) is 30.3 Å². The van der Waals surface area contributed by atoms with Crippen LogP contribution >= 0.6 is 23.2 Å². The second kappa shape index (κ2) is 11.3. The van der Waals surface area contributed by atoms with Crippen molar-refractivity contribution < 1.29 is 23.8 Å². The molecule has 0 amide bonds. The molecule has 176 valence electrons. The van der Waals surface area contributed by atoms with Gasteiger partial charge in [0.25, 0.3) is 0 Å². The average molecular weight is 495 g/mol. The van der Waals surface area contributed by atoms with E-state index in [4.69, 9.17) is 37.4 Å². The molecule has 0 bridgehead atoms. The van der Waals surface area contributed by atoms with Gasteiger partial charge in [-0.2, -0.15) is 0 Å². The van der Waals surface area contributed by atoms with Gasteiger partial charge in [-0.3, -0.25) is 0 Å². The number of esters is 2. The molecule has 1 N–H and O–H groups in total. The van der Waals surface area contributed by atoms with E-state index in [0.717, 1.165) is 0 Å². The molecular weight excluding hydrogens is 471 g/mol. The van der Waals surface area contributed by atoms with E-state index in [9.17, 15) is 9.59 Å². The van der Waals surface area contributed by atoms with E-state index >= 15 is 0 Å². The first-order valence-electron chi connectivity index (χ1n) is 10.2. The third-order valence-electron chi connectivity index (χ3n) is 5.04. The standard InChI is InChI=1S/C22H24Cl2N4O5/c1-4-33-22(30)19-16(10-32-9-8-28-11-25-26-12-28)27-13(2)17(21(29)31-3)18(19)14-6-5-7-15(23)20(14)24/h5-7,11-12,18,27H,4,8-10H2,1-3H3. The normalized spacial score (nSPS) is 16.0. The summed E-state index contributed by atoms with van der Waals surface area (Å²) in [5, 5.41) is 11.1. The van der Waals surface area contributed by atoms with Crippen LogP contribution in [0.15, 0.2) is 53.4 Å². The van der Waals surface area contributed by atoms with Crippen LogP contribution in [0, 0.1) is 0 Å². The molecule has 11 heteroatoms. The highest BCUT2D eigenvalue weighted by molar-refractivity contribution is 6.42. The number of methoxy groups -OCH3 is 1. The fraction of sp³-hybridized carbons (Fsp3) is 0.364. The van der Waals surface area contributed by atoms with Crippen LogP contribution in [0.4, 0.5) is 0 Å². The molecular formula is C22H24Cl2N4O5. The first-order valence-corrected chi connectivity index (χ1v) is 10.9. The van der Waals surface area contributed by atoms with Gasteiger partial charge in [0.15, 0.2) is 0 Å². The second-order valence-electron chi connectivity index (χ2n) is 7.10. The molecule has 0 radical (unpaired) electrons. The highest BCUT2D eigenvalue weighted by atomic mass is 35.5. The van der Waals surface area contributed by atoms with Crippen molar-refractivity contribution in [2.45, 2.75) is 26.3 Å². The lowest BCUT2D eigenvalue weighted by Crippen LogP contribution is -2.35. The Morgan fingerprint density at radius 2 is 1.88 bits per heavy atom. The summed E-state index contributed by atoms with van der Waals surface area (Å²) in [5.41, 5.74) is 1.89. The zero-order chi connectivity index (χ0) is 24.0. The summed E-state index contributed by atoms with van der Waals surface area (Å²) in [6, 6.07) is 5.05. The maximum atomic E-state index is 13.1. The molecule has 0 aliphatic carbocycles. The summed E-state index contributed by atoms with van der Waals surface area (Å²) < 4.78 is 17.9. The van der Waals surface area contributed by atoms with Gasteiger partial charge in [-0.25, -0.2) is 9.59 Å². The molecule has 1 aromatic carbocycles. The molecule has 1 aliphatic heterocycles. The zero-order valence-electron chi connectivity index (χ0n) is 18.4. The number of carbonyl (C=O) groups excluding carboxylic acids is 2. The Hall–Kier alpha value is -2.88. The quantitative estimate of drug-likeness (QED) is 0.418. The molecule has 0 spiro atoms. The molecule has 9 nitrogen and oxygen atoms in total. The van der Waals surface area contributed by atoms with Crippen LogP contribution in [0.25, 0.3) is 0 Å². The number of aromatic nitrogens is 3. The van der Waals surface area contributed by atoms with Crippen molar-refractivity contribution in [3.05, 3.63) is 69.0 Å². The lowest BCUT2D eigenvalue weighted by atomic mass is 9.80. The molecule has 3 rings (SSSR count). The number of nitrogens with zero attached hydrogens (tertiary/aromatic N) is 3. The van der Waals surface area contributed by atoms with E-state index < -0.39 is 17.9 Å². The summed E-state index contributed by atoms with van der Waals surface area (Å²) >= 11 is 12.8. The highest BCUT2D eigenvalue weighted by Gasteiger charge is 2.40. The minimum Gasteiger partial charge on any atom is -0.466 e. The van der Waals surface area contributed by atoms with Crippen molar-refractivity contribution in [3.8, 4) is 0 Å². The number of allylic oxidation sites excluding steroid dienone is 1. The average Bonchev–Trinajstić information content (AvgIpc) is 3.31. The first-order chi connectivity index (χ1) is 15.9. The first kappa shape index (κ1) is 24.8. The van der Waals surface area contributed by atoms with Crippen LogP contribution < -0.4 is 5.32 Å². The lowest BCUT2D eigenvalue weighted by molar-refractivity contribution is -0.139. The Labute approximate surface area is 201 Å². The number of nitrogens with one attached hydrogen (secondary N) is 1. The number of carbonyl (C=O) groups is 2. The van der Waals surface area contributed by atoms with E-state index in [1.165, 1.54) is 7.11 Å². The fourth-order valence-electron chi connectivity index (χ4n) is 3.58. The van der Waals surface area contributed by atoms with E-state index in [0.29, 0.717) is 35.1 Å². The van der Waals surface area contributed by atoms with Gasteiger partial charge in [0.05, 0.1) is 59.7 Å². The summed E-state index contributed by atoms with van der Waals surface area (Å²) in [6.45, 7) is 4.51. The zero-order valence-corrected chi connectivity index (χ0v) is 19.9. The smallest absolute Gasteiger partial charge is 0.336 e. The highest BCUT2D eigenvalue weighted by Crippen LogP contribution is 2.43. The van der Waals surface area contributed by atoms with Crippen molar-refractivity contribution in [1.82, 2.24) is 20.1 Å². The number of hydrogen-bond donors (Lipinski definition) is 1. The monoisotopic (exact) mass is 494 g/mol. The largest absolute Gasteiger partial charge is 0.466 e. The molecule has 0 saturated carbocycles. The number of dihydropyridines is 1. The third kappa shape index (κ3) is 5.55. The van der Waals surface area contributed by atoms with Crippen molar-refractivity contribution in [2.24, 2.45) is 0 Å². The minimum absolute atomic E-state index is 0.0662. The van der Waals surface area contributed by atoms with Crippen molar-refractivity contribution >= 4 is 35.1 Å². The van der Waals surface area contributed by atoms with Gasteiger partial charge in [0.1, 0.15) is 12.7 Å². The van der Waals surface area contributed by atoms with E-state index in [1.54, 1.807) is 49.3 Å². The van der Waals surface area contributed by atoms with Gasteiger partial charge in [-0.05, 0) is 25.5 Å². The predicted octanol–water partition coefficient (Wildman–Crippen LogP) is 3.25. The van der Waals surface area contributed by atoms with Crippen LogP contribution in [-0.4, -0.2) is 53.6 Å². The number of benzene rings is 1. The Kier molecular flexibility index (Phi) is 8.49. The fourth-order valence-corrected chi connectivity index (χ4v) is 3.99. The van der Waals surface area contributed by atoms with E-state index in [-0.39, 0.29) is 29.4 Å². The SMILES string of the molecule is CCOC(=O)C1=C(COCCn2cnnc2)NC(C)=C(C(=O)OC)C1c1cccc(Cl)c1Cl. The number of hydrogen-bond acceptors (Lipinski definition) is 8. The molecule has 1 unspecified atom stereocenters. The van der Waals surface area contributed by atoms with Crippen molar-refractivity contribution in [2.75, 3.05) is 26.9 Å². The van der Waals surface area contributed by atoms with E-state index in [1.807, 2.05) is 0 Å². The van der Waals surface area contributed by atoms with Crippen LogP contribution in [0.1, 0.15) is 25.3 Å². The maximum Gasteiger partial charge on any atom is 0.336 e. The van der Waals surface area contributed by atoms with Gasteiger partial charge in [0, 0.05) is 12.2 Å². The molecule has 33 heavy (non-hydrogen) atoms. The Balaban J connectivity index is 2.04. The Bertz CT molecular complexity index is 1080. The van der Waals surface area contributed by atoms with Gasteiger partial charge < -0.3 is 24.1 Å². The molecule has 0 saturated heterocycles. The molecule has 2 aromatic rings. The molecule has 0 fully saturated rings. The van der Waals surface area contributed by atoms with Gasteiger partial charge in [0.2, 0.25) is 0 Å². The second-order valence-corrected chi connectivity index (χ2v) is 7.88. The minimum atomic E-state index is -0.861. The van der Waals surface area contributed by atoms with Crippen molar-refractivity contribution in [1.29, 1.82) is 0 Å². The van der Waals surface area contributed by atoms with Crippen molar-refractivity contribution in [3.63, 3.8) is 0 Å². The lowest BCUT2D eigenvalue weighted by Gasteiger charge is -2.31. The van der Waals surface area contributed by atoms with Gasteiger partial charge in [-0.15, -0.1) is 10.2 Å². The van der Waals surface area contributed by atoms with Crippen LogP contribution in [0.5, 0.6) is 0 Å². The maximum absolute atomic E-state index is 13.1. The molecule has 2 heterocycles. The Morgan fingerprint density at radius 1 is 1.15 bits per heavy atom. The topological polar surface area (TPSA) is 105 Å². The van der Waals surface area contributed by atoms with Crippen LogP contribution in [0.2, 0.25) is 10.0 Å². The number of halogens is 2. The molecule has 1 aromatic heterocycles. The van der Waals surface area contributed by atoms with E-state index in [2.05, 4.69) is 15.5 Å². The number of ether oxygens (including phenoxy) is 3. The summed E-state index contributed by atoms with van der Waals surface area (Å²) in [4.78, 5) is 25.9. The van der Waals surface area contributed by atoms with Crippen LogP contribution in [0.3, 0.4) is 0 Å². The summed E-state index contributed by atoms with van der Waals surface area (Å²) in [7, 11) is 1.27. The summed E-state index contributed by atoms with van der Waals surface area (Å²) in [5.74, 6) is -2.06. The molecule has 1 atom stereocenters. The molecule has 1 aliphatic rings. The summed E-state index contributed by atoms with van der Waals surface area (Å²) in [6.07, 6.45) is 3.16.